The first kappa shape index (κ1) is 13.9. The molecule has 0 saturated carbocycles. The van der Waals surface area contributed by atoms with E-state index in [4.69, 9.17) is 4.74 Å². The quantitative estimate of drug-likeness (QED) is 0.727. The highest BCUT2D eigenvalue weighted by Crippen LogP contribution is 2.16. The molecular formula is C16H15BrN2O2. The lowest BCUT2D eigenvalue weighted by molar-refractivity contribution is 0.298. The Labute approximate surface area is 130 Å². The van der Waals surface area contributed by atoms with E-state index in [0.717, 1.165) is 21.3 Å². The van der Waals surface area contributed by atoms with E-state index in [1.165, 1.54) is 0 Å². The van der Waals surface area contributed by atoms with Gasteiger partial charge in [0, 0.05) is 11.5 Å². The summed E-state index contributed by atoms with van der Waals surface area (Å²) in [4.78, 5) is 12.2. The molecule has 1 aromatic heterocycles. The van der Waals surface area contributed by atoms with Crippen LogP contribution in [0.15, 0.2) is 57.8 Å². The number of nitrogens with zero attached hydrogens (tertiary/aromatic N) is 2. The number of hydrogen-bond donors (Lipinski definition) is 0. The van der Waals surface area contributed by atoms with Gasteiger partial charge in [-0.05, 0) is 36.4 Å². The van der Waals surface area contributed by atoms with Crippen molar-refractivity contribution in [2.75, 3.05) is 6.61 Å². The van der Waals surface area contributed by atoms with Crippen LogP contribution in [0.25, 0.3) is 11.0 Å². The first-order valence-electron chi connectivity index (χ1n) is 6.69. The van der Waals surface area contributed by atoms with E-state index in [1.54, 1.807) is 16.2 Å². The molecule has 108 valence electrons. The molecule has 0 unspecified atom stereocenters. The number of hydrogen-bond acceptors (Lipinski definition) is 2. The van der Waals surface area contributed by atoms with E-state index in [9.17, 15) is 4.79 Å². The van der Waals surface area contributed by atoms with Gasteiger partial charge in [0.1, 0.15) is 12.4 Å². The second-order valence-electron chi connectivity index (χ2n) is 4.78. The normalized spacial score (nSPS) is 11.0. The third-order valence-corrected chi connectivity index (χ3v) is 3.98. The molecule has 5 heteroatoms. The zero-order valence-corrected chi connectivity index (χ0v) is 13.2. The Hall–Kier alpha value is -2.01. The standard InChI is InChI=1S/C16H15BrN2O2/c1-18-14-4-2-3-5-15(14)19(16(18)20)10-11-21-13-8-6-12(17)7-9-13/h2-9H,10-11H2,1H3. The van der Waals surface area contributed by atoms with Crippen molar-refractivity contribution in [3.8, 4) is 5.75 Å². The van der Waals surface area contributed by atoms with E-state index in [1.807, 2.05) is 48.5 Å². The first-order valence-corrected chi connectivity index (χ1v) is 7.49. The maximum absolute atomic E-state index is 12.2. The van der Waals surface area contributed by atoms with Gasteiger partial charge in [0.15, 0.2) is 0 Å². The highest BCUT2D eigenvalue weighted by atomic mass is 79.9. The number of halogens is 1. The summed E-state index contributed by atoms with van der Waals surface area (Å²) in [7, 11) is 1.79. The van der Waals surface area contributed by atoms with Crippen molar-refractivity contribution in [1.82, 2.24) is 9.13 Å². The number of ether oxygens (including phenoxy) is 1. The van der Waals surface area contributed by atoms with Gasteiger partial charge in [-0.1, -0.05) is 28.1 Å². The molecule has 0 bridgehead atoms. The Morgan fingerprint density at radius 2 is 1.71 bits per heavy atom. The fourth-order valence-electron chi connectivity index (χ4n) is 2.36. The maximum atomic E-state index is 12.2. The molecule has 0 aliphatic heterocycles. The number of imidazole rings is 1. The lowest BCUT2D eigenvalue weighted by atomic mass is 10.3. The average molecular weight is 347 g/mol. The highest BCUT2D eigenvalue weighted by Gasteiger charge is 2.09. The van der Waals surface area contributed by atoms with Crippen LogP contribution in [-0.4, -0.2) is 15.7 Å². The predicted molar refractivity (Wildman–Crippen MR) is 86.8 cm³/mol. The smallest absolute Gasteiger partial charge is 0.328 e. The summed E-state index contributed by atoms with van der Waals surface area (Å²) in [6.45, 7) is 0.978. The topological polar surface area (TPSA) is 36.2 Å². The first-order chi connectivity index (χ1) is 10.2. The van der Waals surface area contributed by atoms with E-state index < -0.39 is 0 Å². The summed E-state index contributed by atoms with van der Waals surface area (Å²) in [5.74, 6) is 0.798. The SMILES string of the molecule is Cn1c(=O)n(CCOc2ccc(Br)cc2)c2ccccc21. The highest BCUT2D eigenvalue weighted by molar-refractivity contribution is 9.10. The summed E-state index contributed by atoms with van der Waals surface area (Å²) in [5, 5.41) is 0. The fourth-order valence-corrected chi connectivity index (χ4v) is 2.63. The van der Waals surface area contributed by atoms with Crippen LogP contribution in [0, 0.1) is 0 Å². The third kappa shape index (κ3) is 2.74. The molecule has 0 atom stereocenters. The van der Waals surface area contributed by atoms with Crippen molar-refractivity contribution < 1.29 is 4.74 Å². The van der Waals surface area contributed by atoms with Gasteiger partial charge in [0.05, 0.1) is 17.6 Å². The van der Waals surface area contributed by atoms with Gasteiger partial charge in [-0.2, -0.15) is 0 Å². The summed E-state index contributed by atoms with van der Waals surface area (Å²) in [6, 6.07) is 15.4. The Morgan fingerprint density at radius 1 is 1.05 bits per heavy atom. The van der Waals surface area contributed by atoms with Crippen LogP contribution in [0.4, 0.5) is 0 Å². The monoisotopic (exact) mass is 346 g/mol. The Morgan fingerprint density at radius 3 is 2.43 bits per heavy atom. The molecule has 3 aromatic rings. The van der Waals surface area contributed by atoms with Crippen LogP contribution >= 0.6 is 15.9 Å². The van der Waals surface area contributed by atoms with Gasteiger partial charge in [-0.15, -0.1) is 0 Å². The minimum absolute atomic E-state index is 0.0180. The van der Waals surface area contributed by atoms with Crippen LogP contribution in [-0.2, 0) is 13.6 Å². The molecule has 4 nitrogen and oxygen atoms in total. The van der Waals surface area contributed by atoms with Gasteiger partial charge >= 0.3 is 5.69 Å². The van der Waals surface area contributed by atoms with E-state index in [-0.39, 0.29) is 5.69 Å². The molecule has 3 rings (SSSR count). The van der Waals surface area contributed by atoms with E-state index >= 15 is 0 Å². The number of para-hydroxylation sites is 2. The second-order valence-corrected chi connectivity index (χ2v) is 5.70. The van der Waals surface area contributed by atoms with Crippen LogP contribution in [0.3, 0.4) is 0 Å². The molecule has 0 spiro atoms. The van der Waals surface area contributed by atoms with Crippen molar-refractivity contribution in [2.45, 2.75) is 6.54 Å². The zero-order chi connectivity index (χ0) is 14.8. The Kier molecular flexibility index (Phi) is 3.84. The van der Waals surface area contributed by atoms with Crippen molar-refractivity contribution in [3.63, 3.8) is 0 Å². The third-order valence-electron chi connectivity index (χ3n) is 3.45. The lowest BCUT2D eigenvalue weighted by Gasteiger charge is -2.07. The molecule has 0 saturated heterocycles. The molecule has 2 aromatic carbocycles. The molecule has 0 fully saturated rings. The number of rotatable bonds is 4. The minimum atomic E-state index is -0.0180. The molecule has 21 heavy (non-hydrogen) atoms. The van der Waals surface area contributed by atoms with Crippen molar-refractivity contribution in [3.05, 3.63) is 63.5 Å². The lowest BCUT2D eigenvalue weighted by Crippen LogP contribution is -2.24. The number of benzene rings is 2. The summed E-state index contributed by atoms with van der Waals surface area (Å²) < 4.78 is 10.1. The largest absolute Gasteiger partial charge is 0.492 e. The summed E-state index contributed by atoms with van der Waals surface area (Å²) in [5.41, 5.74) is 1.85. The van der Waals surface area contributed by atoms with E-state index in [0.29, 0.717) is 13.2 Å². The fraction of sp³-hybridized carbons (Fsp3) is 0.188. The molecule has 0 radical (unpaired) electrons. The van der Waals surface area contributed by atoms with Gasteiger partial charge in [0.2, 0.25) is 0 Å². The van der Waals surface area contributed by atoms with Gasteiger partial charge in [0.25, 0.3) is 0 Å². The van der Waals surface area contributed by atoms with Crippen molar-refractivity contribution in [2.24, 2.45) is 7.05 Å². The molecular weight excluding hydrogens is 332 g/mol. The van der Waals surface area contributed by atoms with E-state index in [2.05, 4.69) is 15.9 Å². The van der Waals surface area contributed by atoms with Gasteiger partial charge in [-0.25, -0.2) is 4.79 Å². The van der Waals surface area contributed by atoms with Crippen LogP contribution < -0.4 is 10.4 Å². The molecule has 0 N–H and O–H groups in total. The molecule has 0 amide bonds. The van der Waals surface area contributed by atoms with Crippen molar-refractivity contribution >= 4 is 27.0 Å². The average Bonchev–Trinajstić information content (AvgIpc) is 2.75. The zero-order valence-electron chi connectivity index (χ0n) is 11.6. The Bertz CT molecular complexity index is 818. The molecule has 0 aliphatic carbocycles. The minimum Gasteiger partial charge on any atom is -0.492 e. The van der Waals surface area contributed by atoms with Gasteiger partial charge in [-0.3, -0.25) is 9.13 Å². The number of aromatic nitrogens is 2. The number of fused-ring (bicyclic) bond motifs is 1. The van der Waals surface area contributed by atoms with Crippen LogP contribution in [0.1, 0.15) is 0 Å². The predicted octanol–water partition coefficient (Wildman–Crippen LogP) is 3.18. The van der Waals surface area contributed by atoms with Crippen molar-refractivity contribution in [1.29, 1.82) is 0 Å². The second kappa shape index (κ2) is 5.77. The summed E-state index contributed by atoms with van der Waals surface area (Å²) >= 11 is 3.39. The molecule has 0 aliphatic rings. The van der Waals surface area contributed by atoms with Crippen LogP contribution in [0.5, 0.6) is 5.75 Å². The Balaban J connectivity index is 1.78. The maximum Gasteiger partial charge on any atom is 0.328 e. The molecule has 1 heterocycles. The van der Waals surface area contributed by atoms with Gasteiger partial charge < -0.3 is 4.74 Å². The summed E-state index contributed by atoms with van der Waals surface area (Å²) in [6.07, 6.45) is 0. The van der Waals surface area contributed by atoms with Crippen LogP contribution in [0.2, 0.25) is 0 Å². The number of aryl methyl sites for hydroxylation is 1.